The minimum Gasteiger partial charge on any atom is -0.469 e. The smallest absolute Gasteiger partial charge is 0.308 e. The molecular formula is C94H186N6O3. The maximum absolute atomic E-state index is 10.3. The summed E-state index contributed by atoms with van der Waals surface area (Å²) in [5.41, 5.74) is 4.54. The number of hydrogen-bond acceptors (Lipinski definition) is 8. The van der Waals surface area contributed by atoms with Crippen LogP contribution in [0.5, 0.6) is 0 Å². The predicted molar refractivity (Wildman–Crippen MR) is 452 cm³/mol. The molecule has 610 valence electrons. The monoisotopic (exact) mass is 1450 g/mol. The van der Waals surface area contributed by atoms with E-state index < -0.39 is 0 Å². The topological polar surface area (TPSA) is 109 Å². The zero-order valence-corrected chi connectivity index (χ0v) is 76.6. The van der Waals surface area contributed by atoms with E-state index in [0.29, 0.717) is 55.1 Å². The van der Waals surface area contributed by atoms with Gasteiger partial charge in [0.1, 0.15) is 0 Å². The summed E-state index contributed by atoms with van der Waals surface area (Å²) in [6.07, 6.45) is 53.3. The standard InChI is InChI=1S/2C11H22.2C10H20.2C9H18.2C8H16.C7H12N2O.C6H12N4.C5H10O2/c2*1-11(2,3)9-10-7-5-4-6-8-10;2*1-10(2,3)8-9-6-4-5-7-9;2*1-9(2,3)7-8-5-4-6-8;2*1-8(2,3)6-7-4-5-7;1-5-8-9-6(10-5)7(2,3)4;1-6(2,3)5-7-9-10(4)8-5;1-4(2)5(6)7-3/h2*10H,4-9H2,1-3H3;2*9H,4-8H2,1-3H3;2*8H,4-7H2,1-3H3;2*7H,4-6H2,1-3H3;2*1-4H3;4H,1-3H3. The van der Waals surface area contributed by atoms with Gasteiger partial charge in [-0.1, -0.05) is 401 Å². The van der Waals surface area contributed by atoms with Gasteiger partial charge in [-0.25, -0.2) is 0 Å². The molecule has 8 fully saturated rings. The van der Waals surface area contributed by atoms with E-state index in [1.165, 1.54) is 243 Å². The van der Waals surface area contributed by atoms with Gasteiger partial charge in [0.05, 0.1) is 20.1 Å². The molecule has 0 amide bonds. The van der Waals surface area contributed by atoms with Crippen LogP contribution >= 0.6 is 0 Å². The van der Waals surface area contributed by atoms with Crippen LogP contribution < -0.4 is 0 Å². The summed E-state index contributed by atoms with van der Waals surface area (Å²) in [5, 5.41) is 19.3. The quantitative estimate of drug-likeness (QED) is 0.228. The largest absolute Gasteiger partial charge is 0.469 e. The molecule has 9 nitrogen and oxygen atoms in total. The van der Waals surface area contributed by atoms with Gasteiger partial charge >= 0.3 is 5.97 Å². The first-order valence-electron chi connectivity index (χ1n) is 43.4. The Morgan fingerprint density at radius 3 is 0.670 bits per heavy atom. The van der Waals surface area contributed by atoms with E-state index in [2.05, 4.69) is 217 Å². The van der Waals surface area contributed by atoms with Crippen molar-refractivity contribution in [2.75, 3.05) is 7.11 Å². The highest BCUT2D eigenvalue weighted by atomic mass is 16.5. The highest BCUT2D eigenvalue weighted by Gasteiger charge is 2.30. The van der Waals surface area contributed by atoms with Gasteiger partial charge in [-0.15, -0.1) is 20.4 Å². The second-order valence-electron chi connectivity index (χ2n) is 46.3. The summed E-state index contributed by atoms with van der Waals surface area (Å²) < 4.78 is 9.60. The van der Waals surface area contributed by atoms with Gasteiger partial charge in [-0.05, 0) is 147 Å². The lowest BCUT2D eigenvalue weighted by molar-refractivity contribution is -0.144. The molecule has 2 aromatic rings. The van der Waals surface area contributed by atoms with Crippen LogP contribution in [0.1, 0.15) is 470 Å². The molecule has 0 spiro atoms. The fourth-order valence-corrected chi connectivity index (χ4v) is 15.6. The van der Waals surface area contributed by atoms with Crippen molar-refractivity contribution < 1.29 is 13.9 Å². The van der Waals surface area contributed by atoms with Crippen LogP contribution in [-0.2, 0) is 27.4 Å². The molecule has 0 bridgehead atoms. The molecule has 2 heterocycles. The van der Waals surface area contributed by atoms with Crippen LogP contribution in [0.15, 0.2) is 4.42 Å². The molecular weight excluding hydrogens is 1260 g/mol. The van der Waals surface area contributed by atoms with E-state index in [9.17, 15) is 4.79 Å². The third kappa shape index (κ3) is 64.2. The molecule has 2 aromatic heterocycles. The lowest BCUT2D eigenvalue weighted by atomic mass is 9.74. The van der Waals surface area contributed by atoms with Crippen molar-refractivity contribution in [2.24, 2.45) is 104 Å². The molecule has 0 saturated heterocycles. The Bertz CT molecular complexity index is 2210. The van der Waals surface area contributed by atoms with Crippen molar-refractivity contribution in [1.29, 1.82) is 0 Å². The Balaban J connectivity index is 0.00000111. The molecule has 0 N–H and O–H groups in total. The van der Waals surface area contributed by atoms with E-state index in [4.69, 9.17) is 4.42 Å². The van der Waals surface area contributed by atoms with Crippen LogP contribution in [0, 0.1) is 104 Å². The third-order valence-electron chi connectivity index (χ3n) is 20.5. The maximum atomic E-state index is 10.3. The zero-order valence-electron chi connectivity index (χ0n) is 76.6. The first-order valence-corrected chi connectivity index (χ1v) is 43.4. The van der Waals surface area contributed by atoms with Crippen molar-refractivity contribution in [3.05, 3.63) is 17.6 Å². The normalized spacial score (nSPS) is 19.0. The van der Waals surface area contributed by atoms with Crippen LogP contribution in [0.4, 0.5) is 0 Å². The summed E-state index contributed by atoms with van der Waals surface area (Å²) in [6, 6.07) is 0. The second kappa shape index (κ2) is 47.7. The minimum atomic E-state index is -0.153. The van der Waals surface area contributed by atoms with Crippen molar-refractivity contribution in [1.82, 2.24) is 30.4 Å². The fourth-order valence-electron chi connectivity index (χ4n) is 15.6. The summed E-state index contributed by atoms with van der Waals surface area (Å²) in [7, 11) is 3.16. The molecule has 8 saturated carbocycles. The molecule has 8 aliphatic rings. The van der Waals surface area contributed by atoms with Crippen LogP contribution in [-0.4, -0.2) is 43.5 Å². The molecule has 0 unspecified atom stereocenters. The van der Waals surface area contributed by atoms with Crippen molar-refractivity contribution in [2.45, 2.75) is 470 Å². The van der Waals surface area contributed by atoms with E-state index in [1.54, 1.807) is 27.8 Å². The van der Waals surface area contributed by atoms with Gasteiger partial charge in [0.25, 0.3) is 0 Å². The second-order valence-corrected chi connectivity index (χ2v) is 46.3. The lowest BCUT2D eigenvalue weighted by Gasteiger charge is -2.31. The highest BCUT2D eigenvalue weighted by Crippen LogP contribution is 2.43. The minimum absolute atomic E-state index is 0.00463. The fraction of sp³-hybridized carbons (Fsp3) is 0.957. The van der Waals surface area contributed by atoms with Crippen molar-refractivity contribution >= 4 is 5.97 Å². The number of carbonyl (C=O) groups is 1. The maximum Gasteiger partial charge on any atom is 0.308 e. The van der Waals surface area contributed by atoms with E-state index in [-0.39, 0.29) is 22.7 Å². The number of methoxy groups -OCH3 is 1. The first kappa shape index (κ1) is 101. The Morgan fingerprint density at radius 1 is 0.350 bits per heavy atom. The number of hydrogen-bond donors (Lipinski definition) is 0. The van der Waals surface area contributed by atoms with Crippen LogP contribution in [0.2, 0.25) is 0 Å². The first-order chi connectivity index (χ1) is 46.8. The van der Waals surface area contributed by atoms with E-state index >= 15 is 0 Å². The predicted octanol–water partition coefficient (Wildman–Crippen LogP) is 30.3. The number of nitrogens with zero attached hydrogens (tertiary/aromatic N) is 6. The molecule has 0 aliphatic heterocycles. The summed E-state index contributed by atoms with van der Waals surface area (Å²) in [4.78, 5) is 11.8. The van der Waals surface area contributed by atoms with Gasteiger partial charge < -0.3 is 9.15 Å². The van der Waals surface area contributed by atoms with Gasteiger partial charge in [-0.2, -0.15) is 4.80 Å². The number of ether oxygens (including phenoxy) is 1. The molecule has 10 rings (SSSR count). The Kier molecular flexibility index (Phi) is 46.6. The van der Waals surface area contributed by atoms with Gasteiger partial charge in [-0.3, -0.25) is 4.79 Å². The highest BCUT2D eigenvalue weighted by molar-refractivity contribution is 5.71. The molecule has 0 radical (unpaired) electrons. The number of aromatic nitrogens is 6. The SMILES string of the molecule is CC(C)(C)CC1CC1.CC(C)(C)CC1CC1.CC(C)(C)CC1CCC1.CC(C)(C)CC1CCC1.CC(C)(C)CC1CCCC1.CC(C)(C)CC1CCCC1.CC(C)(C)CC1CCCCC1.CC(C)(C)CC1CCCCC1.COC(=O)C(C)C.Cc1nnc(C(C)(C)C)o1.Cn1nnc(C(C)(C)C)n1. The van der Waals surface area contributed by atoms with E-state index in [1.807, 2.05) is 20.8 Å². The Labute approximate surface area is 645 Å². The van der Waals surface area contributed by atoms with Crippen LogP contribution in [0.3, 0.4) is 0 Å². The van der Waals surface area contributed by atoms with Crippen molar-refractivity contribution in [3.8, 4) is 0 Å². The van der Waals surface area contributed by atoms with Gasteiger partial charge in [0.15, 0.2) is 5.82 Å². The van der Waals surface area contributed by atoms with E-state index in [0.717, 1.165) is 53.2 Å². The molecule has 103 heavy (non-hydrogen) atoms. The number of tetrazole rings is 1. The molecule has 8 aliphatic carbocycles. The number of aryl methyl sites for hydroxylation is 2. The average molecular weight is 1450 g/mol. The number of carbonyl (C=O) groups excluding carboxylic acids is 1. The Hall–Kier alpha value is -2.32. The zero-order chi connectivity index (χ0) is 79.5. The summed E-state index contributed by atoms with van der Waals surface area (Å²) in [6.45, 7) is 74.0. The van der Waals surface area contributed by atoms with Gasteiger partial charge in [0.2, 0.25) is 11.8 Å². The Morgan fingerprint density at radius 2 is 0.573 bits per heavy atom. The van der Waals surface area contributed by atoms with Crippen molar-refractivity contribution in [3.63, 3.8) is 0 Å². The van der Waals surface area contributed by atoms with Crippen LogP contribution in [0.25, 0.3) is 0 Å². The third-order valence-corrected chi connectivity index (χ3v) is 20.5. The molecule has 0 atom stereocenters. The molecule has 9 heteroatoms. The summed E-state index contributed by atoms with van der Waals surface area (Å²) in [5.74, 6) is 10.5. The average Bonchev–Trinajstić information content (AvgIpc) is 1.80. The number of esters is 1. The summed E-state index contributed by atoms with van der Waals surface area (Å²) >= 11 is 0. The molecule has 0 aromatic carbocycles. The number of rotatable bonds is 9. The van der Waals surface area contributed by atoms with Gasteiger partial charge in [0, 0.05) is 17.8 Å². The lowest BCUT2D eigenvalue weighted by Crippen LogP contribution is -2.18.